The van der Waals surface area contributed by atoms with E-state index < -0.39 is 6.10 Å². The first-order valence-electron chi connectivity index (χ1n) is 2.09. The van der Waals surface area contributed by atoms with Crippen LogP contribution in [0, 0.1) is 0 Å². The second-order valence-corrected chi connectivity index (χ2v) is 2.20. The van der Waals surface area contributed by atoms with E-state index in [4.69, 9.17) is 10.2 Å². The van der Waals surface area contributed by atoms with Gasteiger partial charge in [0.25, 0.3) is 0 Å². The Balaban J connectivity index is 2.83. The van der Waals surface area contributed by atoms with Crippen LogP contribution in [0.2, 0.25) is 0 Å². The van der Waals surface area contributed by atoms with E-state index in [2.05, 4.69) is 0 Å². The molecule has 0 unspecified atom stereocenters. The van der Waals surface area contributed by atoms with Crippen LogP contribution in [-0.4, -0.2) is 34.9 Å². The highest BCUT2D eigenvalue weighted by Gasteiger charge is 1.96. The van der Waals surface area contributed by atoms with Crippen LogP contribution in [0.1, 0.15) is 0 Å². The standard InChI is InChI=1S/C4H10O2S/c1-7-3-4(6)2-5/h4-6H,2-3H2,1H3/t4-/m0/s1. The Labute approximate surface area is 47.5 Å². The monoisotopic (exact) mass is 122 g/mol. The lowest BCUT2D eigenvalue weighted by atomic mass is 10.4. The average Bonchev–Trinajstić information content (AvgIpc) is 1.68. The molecule has 0 aromatic heterocycles. The van der Waals surface area contributed by atoms with Gasteiger partial charge in [0.1, 0.15) is 0 Å². The Morgan fingerprint density at radius 3 is 2.43 bits per heavy atom. The Bertz CT molecular complexity index is 40.7. The summed E-state index contributed by atoms with van der Waals surface area (Å²) in [6, 6.07) is 0. The summed E-state index contributed by atoms with van der Waals surface area (Å²) < 4.78 is 0. The molecule has 0 saturated heterocycles. The summed E-state index contributed by atoms with van der Waals surface area (Å²) in [5.41, 5.74) is 0. The van der Waals surface area contributed by atoms with Crippen molar-refractivity contribution >= 4 is 11.8 Å². The fraction of sp³-hybridized carbons (Fsp3) is 1.00. The molecule has 0 amide bonds. The lowest BCUT2D eigenvalue weighted by molar-refractivity contribution is 0.113. The van der Waals surface area contributed by atoms with E-state index in [1.165, 1.54) is 11.8 Å². The smallest absolute Gasteiger partial charge is 0.0860 e. The molecule has 0 aromatic carbocycles. The molecule has 44 valence electrons. The minimum atomic E-state index is -0.532. The first kappa shape index (κ1) is 7.27. The zero-order valence-corrected chi connectivity index (χ0v) is 5.11. The molecule has 0 aliphatic heterocycles. The fourth-order valence-electron chi connectivity index (χ4n) is 0.245. The molecule has 2 nitrogen and oxygen atoms in total. The van der Waals surface area contributed by atoms with Crippen molar-refractivity contribution in [3.63, 3.8) is 0 Å². The maximum atomic E-state index is 8.59. The van der Waals surface area contributed by atoms with Crippen molar-refractivity contribution in [2.75, 3.05) is 18.6 Å². The summed E-state index contributed by atoms with van der Waals surface area (Å²) in [6.45, 7) is -0.124. The summed E-state index contributed by atoms with van der Waals surface area (Å²) >= 11 is 1.52. The molecule has 7 heavy (non-hydrogen) atoms. The molecular formula is C4H10O2S. The number of aliphatic hydroxyl groups is 2. The Morgan fingerprint density at radius 2 is 2.29 bits per heavy atom. The number of hydrogen-bond donors (Lipinski definition) is 2. The van der Waals surface area contributed by atoms with Gasteiger partial charge in [-0.05, 0) is 6.26 Å². The van der Waals surface area contributed by atoms with Gasteiger partial charge >= 0.3 is 0 Å². The van der Waals surface area contributed by atoms with Crippen LogP contribution >= 0.6 is 11.8 Å². The highest BCUT2D eigenvalue weighted by molar-refractivity contribution is 7.98. The first-order valence-corrected chi connectivity index (χ1v) is 3.48. The summed E-state index contributed by atoms with van der Waals surface area (Å²) in [5, 5.41) is 16.8. The van der Waals surface area contributed by atoms with Crippen LogP contribution in [-0.2, 0) is 0 Å². The van der Waals surface area contributed by atoms with Gasteiger partial charge < -0.3 is 10.2 Å². The third-order valence-electron chi connectivity index (χ3n) is 0.570. The van der Waals surface area contributed by atoms with E-state index in [1.54, 1.807) is 0 Å². The molecule has 0 heterocycles. The fourth-order valence-corrected chi connectivity index (χ4v) is 0.735. The van der Waals surface area contributed by atoms with Crippen molar-refractivity contribution in [1.29, 1.82) is 0 Å². The van der Waals surface area contributed by atoms with Crippen molar-refractivity contribution < 1.29 is 10.2 Å². The molecule has 2 N–H and O–H groups in total. The van der Waals surface area contributed by atoms with Crippen molar-refractivity contribution in [3.05, 3.63) is 0 Å². The summed E-state index contributed by atoms with van der Waals surface area (Å²) in [5.74, 6) is 0.622. The topological polar surface area (TPSA) is 40.5 Å². The van der Waals surface area contributed by atoms with Crippen molar-refractivity contribution in [1.82, 2.24) is 0 Å². The van der Waals surface area contributed by atoms with E-state index in [-0.39, 0.29) is 6.61 Å². The molecule has 0 aliphatic carbocycles. The van der Waals surface area contributed by atoms with Crippen LogP contribution in [0.15, 0.2) is 0 Å². The van der Waals surface area contributed by atoms with E-state index in [0.717, 1.165) is 0 Å². The maximum absolute atomic E-state index is 8.59. The predicted molar refractivity (Wildman–Crippen MR) is 31.5 cm³/mol. The van der Waals surface area contributed by atoms with Crippen molar-refractivity contribution in [3.8, 4) is 0 Å². The zero-order chi connectivity index (χ0) is 5.70. The molecule has 3 heteroatoms. The first-order chi connectivity index (χ1) is 3.31. The van der Waals surface area contributed by atoms with Gasteiger partial charge in [0, 0.05) is 5.75 Å². The minimum absolute atomic E-state index is 0.124. The van der Waals surface area contributed by atoms with Gasteiger partial charge in [0.05, 0.1) is 12.7 Å². The van der Waals surface area contributed by atoms with E-state index in [9.17, 15) is 0 Å². The molecule has 0 aromatic rings. The lowest BCUT2D eigenvalue weighted by Crippen LogP contribution is -2.14. The number of thioether (sulfide) groups is 1. The maximum Gasteiger partial charge on any atom is 0.0860 e. The van der Waals surface area contributed by atoms with Gasteiger partial charge in [-0.1, -0.05) is 0 Å². The van der Waals surface area contributed by atoms with E-state index in [0.29, 0.717) is 5.75 Å². The Hall–Kier alpha value is 0.270. The summed E-state index contributed by atoms with van der Waals surface area (Å²) in [6.07, 6.45) is 1.36. The van der Waals surface area contributed by atoms with Gasteiger partial charge in [-0.25, -0.2) is 0 Å². The quantitative estimate of drug-likeness (QED) is 0.540. The second-order valence-electron chi connectivity index (χ2n) is 1.29. The number of aliphatic hydroxyl groups excluding tert-OH is 2. The van der Waals surface area contributed by atoms with Crippen LogP contribution < -0.4 is 0 Å². The Morgan fingerprint density at radius 1 is 1.71 bits per heavy atom. The van der Waals surface area contributed by atoms with Gasteiger partial charge in [-0.2, -0.15) is 11.8 Å². The molecule has 1 atom stereocenters. The second kappa shape index (κ2) is 4.43. The minimum Gasteiger partial charge on any atom is -0.394 e. The van der Waals surface area contributed by atoms with Gasteiger partial charge in [0.2, 0.25) is 0 Å². The predicted octanol–water partition coefficient (Wildman–Crippen LogP) is -0.297. The largest absolute Gasteiger partial charge is 0.394 e. The summed E-state index contributed by atoms with van der Waals surface area (Å²) in [4.78, 5) is 0. The third kappa shape index (κ3) is 4.12. The highest BCUT2D eigenvalue weighted by Crippen LogP contribution is 1.94. The molecule has 0 bridgehead atoms. The average molecular weight is 122 g/mol. The van der Waals surface area contributed by atoms with Crippen LogP contribution in [0.5, 0.6) is 0 Å². The number of rotatable bonds is 3. The van der Waals surface area contributed by atoms with E-state index in [1.807, 2.05) is 6.26 Å². The van der Waals surface area contributed by atoms with Crippen LogP contribution in [0.3, 0.4) is 0 Å². The van der Waals surface area contributed by atoms with Gasteiger partial charge in [0.15, 0.2) is 0 Å². The lowest BCUT2D eigenvalue weighted by Gasteiger charge is -2.00. The van der Waals surface area contributed by atoms with Gasteiger partial charge in [-0.15, -0.1) is 0 Å². The van der Waals surface area contributed by atoms with E-state index >= 15 is 0 Å². The molecule has 0 spiro atoms. The molecule has 0 radical (unpaired) electrons. The normalized spacial score (nSPS) is 14.1. The molecule has 0 aliphatic rings. The molecule has 0 rings (SSSR count). The highest BCUT2D eigenvalue weighted by atomic mass is 32.2. The van der Waals surface area contributed by atoms with Crippen LogP contribution in [0.4, 0.5) is 0 Å². The number of hydrogen-bond acceptors (Lipinski definition) is 3. The molecule has 0 fully saturated rings. The summed E-state index contributed by atoms with van der Waals surface area (Å²) in [7, 11) is 0. The molecular weight excluding hydrogens is 112 g/mol. The van der Waals surface area contributed by atoms with Gasteiger partial charge in [-0.3, -0.25) is 0 Å². The Kier molecular flexibility index (Phi) is 4.60. The third-order valence-corrected chi connectivity index (χ3v) is 1.29. The SMILES string of the molecule is CSC[C@@H](O)CO. The van der Waals surface area contributed by atoms with Crippen LogP contribution in [0.25, 0.3) is 0 Å². The van der Waals surface area contributed by atoms with Crippen molar-refractivity contribution in [2.24, 2.45) is 0 Å². The van der Waals surface area contributed by atoms with Crippen molar-refractivity contribution in [2.45, 2.75) is 6.10 Å². The zero-order valence-electron chi connectivity index (χ0n) is 4.29. The molecule has 0 saturated carbocycles.